The van der Waals surface area contributed by atoms with E-state index in [4.69, 9.17) is 0 Å². The van der Waals surface area contributed by atoms with Crippen LogP contribution in [-0.4, -0.2) is 31.2 Å². The Morgan fingerprint density at radius 3 is 2.94 bits per heavy atom. The molecular weight excluding hydrogens is 210 g/mol. The number of para-hydroxylation sites is 1. The van der Waals surface area contributed by atoms with Crippen LogP contribution in [0.3, 0.4) is 0 Å². The van der Waals surface area contributed by atoms with Gasteiger partial charge in [0.05, 0.1) is 0 Å². The number of H-pyrrole nitrogens is 1. The molecule has 1 aliphatic heterocycles. The first-order valence-electron chi connectivity index (χ1n) is 6.40. The summed E-state index contributed by atoms with van der Waals surface area (Å²) in [6.07, 6.45) is 3.24. The average molecular weight is 229 g/mol. The molecule has 3 nitrogen and oxygen atoms in total. The number of hydrogen-bond acceptors (Lipinski definition) is 2. The Bertz CT molecular complexity index is 485. The second-order valence-corrected chi connectivity index (χ2v) is 4.84. The van der Waals surface area contributed by atoms with Crippen LogP contribution in [0.25, 0.3) is 10.9 Å². The van der Waals surface area contributed by atoms with E-state index in [1.54, 1.807) is 0 Å². The fourth-order valence-corrected chi connectivity index (χ4v) is 2.36. The number of aromatic amines is 1. The van der Waals surface area contributed by atoms with Gasteiger partial charge in [0.1, 0.15) is 0 Å². The minimum atomic E-state index is 0.845. The standard InChI is InChI=1S/C14H19N3/c1-2-4-14-13(3-1)12(10-17-14)5-6-15-7-11-8-16-9-11/h1-4,10-11,15-17H,5-9H2. The van der Waals surface area contributed by atoms with Gasteiger partial charge in [0.15, 0.2) is 0 Å². The van der Waals surface area contributed by atoms with E-state index in [1.165, 1.54) is 29.6 Å². The van der Waals surface area contributed by atoms with Crippen LogP contribution in [0.4, 0.5) is 0 Å². The minimum absolute atomic E-state index is 0.845. The minimum Gasteiger partial charge on any atom is -0.361 e. The van der Waals surface area contributed by atoms with Crippen molar-refractivity contribution in [1.82, 2.24) is 15.6 Å². The van der Waals surface area contributed by atoms with E-state index >= 15 is 0 Å². The monoisotopic (exact) mass is 229 g/mol. The molecule has 2 heterocycles. The van der Waals surface area contributed by atoms with Crippen molar-refractivity contribution in [3.05, 3.63) is 36.0 Å². The molecule has 0 saturated carbocycles. The molecule has 1 aliphatic rings. The largest absolute Gasteiger partial charge is 0.361 e. The van der Waals surface area contributed by atoms with Gasteiger partial charge in [-0.05, 0) is 30.5 Å². The highest BCUT2D eigenvalue weighted by Crippen LogP contribution is 2.17. The maximum Gasteiger partial charge on any atom is 0.0456 e. The summed E-state index contributed by atoms with van der Waals surface area (Å²) in [7, 11) is 0. The molecular formula is C14H19N3. The Labute approximate surface area is 102 Å². The number of nitrogens with one attached hydrogen (secondary N) is 3. The van der Waals surface area contributed by atoms with Crippen LogP contribution in [-0.2, 0) is 6.42 Å². The first kappa shape index (κ1) is 10.8. The molecule has 17 heavy (non-hydrogen) atoms. The summed E-state index contributed by atoms with van der Waals surface area (Å²) in [5.41, 5.74) is 2.66. The number of aromatic nitrogens is 1. The van der Waals surface area contributed by atoms with E-state index < -0.39 is 0 Å². The van der Waals surface area contributed by atoms with E-state index in [9.17, 15) is 0 Å². The summed E-state index contributed by atoms with van der Waals surface area (Å²) in [6.45, 7) is 4.58. The zero-order valence-corrected chi connectivity index (χ0v) is 10.00. The van der Waals surface area contributed by atoms with E-state index in [0.29, 0.717) is 0 Å². The van der Waals surface area contributed by atoms with E-state index in [2.05, 4.69) is 46.1 Å². The first-order chi connectivity index (χ1) is 8.43. The molecule has 3 heteroatoms. The fraction of sp³-hybridized carbons (Fsp3) is 0.429. The topological polar surface area (TPSA) is 39.8 Å². The molecule has 1 aromatic carbocycles. The Kier molecular flexibility index (Phi) is 3.12. The second-order valence-electron chi connectivity index (χ2n) is 4.84. The predicted molar refractivity (Wildman–Crippen MR) is 71.2 cm³/mol. The van der Waals surface area contributed by atoms with Crippen LogP contribution in [0, 0.1) is 5.92 Å². The van der Waals surface area contributed by atoms with Gasteiger partial charge in [0.2, 0.25) is 0 Å². The summed E-state index contributed by atoms with van der Waals surface area (Å²) in [5.74, 6) is 0.845. The Hall–Kier alpha value is -1.32. The third kappa shape index (κ3) is 2.35. The third-order valence-electron chi connectivity index (χ3n) is 3.55. The summed E-state index contributed by atoms with van der Waals surface area (Å²) < 4.78 is 0. The summed E-state index contributed by atoms with van der Waals surface area (Å²) in [4.78, 5) is 3.32. The molecule has 0 spiro atoms. The Morgan fingerprint density at radius 2 is 2.12 bits per heavy atom. The lowest BCUT2D eigenvalue weighted by Gasteiger charge is -2.27. The first-order valence-corrected chi connectivity index (χ1v) is 6.40. The van der Waals surface area contributed by atoms with Crippen molar-refractivity contribution in [2.24, 2.45) is 5.92 Å². The van der Waals surface area contributed by atoms with E-state index in [0.717, 1.165) is 25.4 Å². The average Bonchev–Trinajstić information content (AvgIpc) is 2.70. The third-order valence-corrected chi connectivity index (χ3v) is 3.55. The number of fused-ring (bicyclic) bond motifs is 1. The molecule has 0 amide bonds. The molecule has 0 bridgehead atoms. The van der Waals surface area contributed by atoms with E-state index in [1.807, 2.05) is 0 Å². The van der Waals surface area contributed by atoms with Gasteiger partial charge in [-0.2, -0.15) is 0 Å². The number of hydrogen-bond donors (Lipinski definition) is 3. The smallest absolute Gasteiger partial charge is 0.0456 e. The number of rotatable bonds is 5. The number of benzene rings is 1. The summed E-state index contributed by atoms with van der Waals surface area (Å²) in [5, 5.41) is 8.19. The Balaban J connectivity index is 1.53. The lowest BCUT2D eigenvalue weighted by Crippen LogP contribution is -2.47. The lowest BCUT2D eigenvalue weighted by atomic mass is 10.0. The van der Waals surface area contributed by atoms with Gasteiger partial charge in [-0.15, -0.1) is 0 Å². The SMILES string of the molecule is c1ccc2c(CCNCC3CNC3)c[nH]c2c1. The van der Waals surface area contributed by atoms with Crippen molar-refractivity contribution in [3.63, 3.8) is 0 Å². The molecule has 0 atom stereocenters. The van der Waals surface area contributed by atoms with Gasteiger partial charge < -0.3 is 15.6 Å². The molecule has 0 aliphatic carbocycles. The molecule has 0 unspecified atom stereocenters. The zero-order valence-electron chi connectivity index (χ0n) is 10.00. The lowest BCUT2D eigenvalue weighted by molar-refractivity contribution is 0.333. The maximum absolute atomic E-state index is 3.54. The van der Waals surface area contributed by atoms with Gasteiger partial charge in [0, 0.05) is 36.7 Å². The van der Waals surface area contributed by atoms with Gasteiger partial charge >= 0.3 is 0 Å². The quantitative estimate of drug-likeness (QED) is 0.680. The highest BCUT2D eigenvalue weighted by atomic mass is 15.0. The van der Waals surface area contributed by atoms with Gasteiger partial charge in [-0.1, -0.05) is 18.2 Å². The molecule has 3 rings (SSSR count). The van der Waals surface area contributed by atoms with Gasteiger partial charge in [-0.25, -0.2) is 0 Å². The normalized spacial score (nSPS) is 16.2. The molecule has 2 aromatic rings. The van der Waals surface area contributed by atoms with Gasteiger partial charge in [-0.3, -0.25) is 0 Å². The highest BCUT2D eigenvalue weighted by molar-refractivity contribution is 5.83. The van der Waals surface area contributed by atoms with Crippen molar-refractivity contribution >= 4 is 10.9 Å². The molecule has 90 valence electrons. The summed E-state index contributed by atoms with van der Waals surface area (Å²) >= 11 is 0. The second kappa shape index (κ2) is 4.90. The van der Waals surface area contributed by atoms with Crippen LogP contribution < -0.4 is 10.6 Å². The molecule has 1 saturated heterocycles. The van der Waals surface area contributed by atoms with Gasteiger partial charge in [0.25, 0.3) is 0 Å². The molecule has 1 fully saturated rings. The van der Waals surface area contributed by atoms with Crippen LogP contribution in [0.15, 0.2) is 30.5 Å². The van der Waals surface area contributed by atoms with Crippen LogP contribution in [0.5, 0.6) is 0 Å². The summed E-state index contributed by atoms with van der Waals surface area (Å²) in [6, 6.07) is 8.50. The maximum atomic E-state index is 3.54. The van der Waals surface area contributed by atoms with Crippen LogP contribution in [0.1, 0.15) is 5.56 Å². The van der Waals surface area contributed by atoms with Crippen molar-refractivity contribution in [3.8, 4) is 0 Å². The van der Waals surface area contributed by atoms with Crippen molar-refractivity contribution in [2.75, 3.05) is 26.2 Å². The van der Waals surface area contributed by atoms with Crippen molar-refractivity contribution in [1.29, 1.82) is 0 Å². The fourth-order valence-electron chi connectivity index (χ4n) is 2.36. The predicted octanol–water partition coefficient (Wildman–Crippen LogP) is 1.52. The van der Waals surface area contributed by atoms with Crippen LogP contribution >= 0.6 is 0 Å². The molecule has 3 N–H and O–H groups in total. The van der Waals surface area contributed by atoms with Crippen LogP contribution in [0.2, 0.25) is 0 Å². The van der Waals surface area contributed by atoms with Crippen molar-refractivity contribution < 1.29 is 0 Å². The molecule has 1 aromatic heterocycles. The Morgan fingerprint density at radius 1 is 1.24 bits per heavy atom. The zero-order chi connectivity index (χ0) is 11.5. The van der Waals surface area contributed by atoms with E-state index in [-0.39, 0.29) is 0 Å². The van der Waals surface area contributed by atoms with Crippen molar-refractivity contribution in [2.45, 2.75) is 6.42 Å². The molecule has 0 radical (unpaired) electrons. The highest BCUT2D eigenvalue weighted by Gasteiger charge is 2.15.